The van der Waals surface area contributed by atoms with Crippen molar-refractivity contribution in [2.45, 2.75) is 19.9 Å². The first kappa shape index (κ1) is 11.1. The van der Waals surface area contributed by atoms with E-state index in [9.17, 15) is 4.57 Å². The molecule has 5 nitrogen and oxygen atoms in total. The lowest BCUT2D eigenvalue weighted by molar-refractivity contribution is -0.0935. The summed E-state index contributed by atoms with van der Waals surface area (Å²) in [7, 11) is -4.25. The highest BCUT2D eigenvalue weighted by Gasteiger charge is 2.29. The summed E-state index contributed by atoms with van der Waals surface area (Å²) in [4.78, 5) is 17.2. The van der Waals surface area contributed by atoms with Gasteiger partial charge in [-0.1, -0.05) is 0 Å². The summed E-state index contributed by atoms with van der Waals surface area (Å²) in [6.07, 6.45) is 0. The van der Waals surface area contributed by atoms with Crippen LogP contribution in [0.5, 0.6) is 0 Å². The Morgan fingerprint density at radius 1 is 1.27 bits per heavy atom. The van der Waals surface area contributed by atoms with Crippen LogP contribution in [0.25, 0.3) is 0 Å². The summed E-state index contributed by atoms with van der Waals surface area (Å²) in [6, 6.07) is -1.41. The zero-order chi connectivity index (χ0) is 8.91. The van der Waals surface area contributed by atoms with E-state index in [1.54, 1.807) is 13.8 Å². The Balaban J connectivity index is 3.99. The van der Waals surface area contributed by atoms with Crippen LogP contribution in [0.3, 0.4) is 0 Å². The van der Waals surface area contributed by atoms with Crippen LogP contribution >= 0.6 is 7.60 Å². The molecule has 0 amide bonds. The smallest absolute Gasteiger partial charge is 0.343 e. The summed E-state index contributed by atoms with van der Waals surface area (Å²) >= 11 is 0. The van der Waals surface area contributed by atoms with Crippen LogP contribution in [0.15, 0.2) is 0 Å². The summed E-state index contributed by atoms with van der Waals surface area (Å²) in [5.74, 6) is 0. The molecule has 0 aliphatic rings. The Morgan fingerprint density at radius 3 is 1.82 bits per heavy atom. The van der Waals surface area contributed by atoms with E-state index in [2.05, 4.69) is 9.47 Å². The van der Waals surface area contributed by atoms with Crippen molar-refractivity contribution in [2.75, 3.05) is 13.2 Å². The molecule has 68 valence electrons. The topological polar surface area (TPSA) is 76.0 Å². The molecule has 0 atom stereocenters. The van der Waals surface area contributed by atoms with Crippen LogP contribution in [0, 0.1) is 0 Å². The average molecular weight is 184 g/mol. The van der Waals surface area contributed by atoms with Gasteiger partial charge in [-0.05, 0) is 13.8 Å². The summed E-state index contributed by atoms with van der Waals surface area (Å²) in [5.41, 5.74) is 0. The number of hydrogen-bond donors (Lipinski definition) is 2. The van der Waals surface area contributed by atoms with E-state index in [0.29, 0.717) is 0 Å². The molecule has 0 aliphatic carbocycles. The molecule has 0 aromatic rings. The quantitative estimate of drug-likeness (QED) is 0.481. The van der Waals surface area contributed by atoms with Gasteiger partial charge in [0, 0.05) is 13.2 Å². The third kappa shape index (κ3) is 4.50. The largest absolute Gasteiger partial charge is 0.381 e. The molecule has 6 heteroatoms. The highest BCUT2D eigenvalue weighted by molar-refractivity contribution is 7.52. The van der Waals surface area contributed by atoms with Gasteiger partial charge in [-0.25, -0.2) is 0 Å². The molecule has 11 heavy (non-hydrogen) atoms. The van der Waals surface area contributed by atoms with Gasteiger partial charge in [-0.2, -0.15) is 0 Å². The van der Waals surface area contributed by atoms with E-state index in [-0.39, 0.29) is 13.2 Å². The van der Waals surface area contributed by atoms with Gasteiger partial charge in [0.2, 0.25) is 0 Å². The Bertz CT molecular complexity index is 136. The van der Waals surface area contributed by atoms with Gasteiger partial charge < -0.3 is 19.3 Å². The number of hydrogen-bond acceptors (Lipinski definition) is 3. The number of ether oxygens (including phenoxy) is 2. The van der Waals surface area contributed by atoms with Crippen molar-refractivity contribution >= 4 is 7.60 Å². The molecule has 0 fully saturated rings. The van der Waals surface area contributed by atoms with Crippen molar-refractivity contribution in [3.63, 3.8) is 0 Å². The molecule has 0 aromatic heterocycles. The molecule has 0 saturated heterocycles. The van der Waals surface area contributed by atoms with Crippen LogP contribution in [0.2, 0.25) is 0 Å². The normalized spacial score (nSPS) is 12.5. The minimum atomic E-state index is -4.25. The maximum Gasteiger partial charge on any atom is 0.381 e. The van der Waals surface area contributed by atoms with Gasteiger partial charge in [0.25, 0.3) is 6.03 Å². The lowest BCUT2D eigenvalue weighted by Gasteiger charge is -2.17. The molecule has 2 N–H and O–H groups in total. The molecule has 0 rings (SSSR count). The average Bonchev–Trinajstić information content (AvgIpc) is 1.85. The third-order valence-electron chi connectivity index (χ3n) is 0.893. The van der Waals surface area contributed by atoms with E-state index in [1.165, 1.54) is 0 Å². The van der Waals surface area contributed by atoms with Crippen LogP contribution in [-0.4, -0.2) is 29.0 Å². The third-order valence-corrected chi connectivity index (χ3v) is 1.74. The SMILES string of the molecule is CCOC(OCC)P(=O)(O)O. The van der Waals surface area contributed by atoms with Gasteiger partial charge in [0.15, 0.2) is 0 Å². The minimum absolute atomic E-state index is 0.218. The Morgan fingerprint density at radius 2 is 1.64 bits per heavy atom. The Labute approximate surface area is 65.5 Å². The predicted molar refractivity (Wildman–Crippen MR) is 39.1 cm³/mol. The molecule has 0 aliphatic heterocycles. The predicted octanol–water partition coefficient (Wildman–Crippen LogP) is 0.521. The van der Waals surface area contributed by atoms with Crippen molar-refractivity contribution in [1.29, 1.82) is 0 Å². The summed E-state index contributed by atoms with van der Waals surface area (Å²) < 4.78 is 19.9. The van der Waals surface area contributed by atoms with Gasteiger partial charge in [-0.3, -0.25) is 4.57 Å². The summed E-state index contributed by atoms with van der Waals surface area (Å²) in [5, 5.41) is 0. The van der Waals surface area contributed by atoms with Gasteiger partial charge in [0.05, 0.1) is 0 Å². The minimum Gasteiger partial charge on any atom is -0.343 e. The van der Waals surface area contributed by atoms with E-state index >= 15 is 0 Å². The lowest BCUT2D eigenvalue weighted by Crippen LogP contribution is -2.17. The Kier molecular flexibility index (Phi) is 4.88. The fourth-order valence-electron chi connectivity index (χ4n) is 0.527. The zero-order valence-electron chi connectivity index (χ0n) is 6.56. The highest BCUT2D eigenvalue weighted by Crippen LogP contribution is 2.42. The van der Waals surface area contributed by atoms with E-state index in [4.69, 9.17) is 9.79 Å². The van der Waals surface area contributed by atoms with Gasteiger partial charge >= 0.3 is 7.60 Å². The lowest BCUT2D eigenvalue weighted by atomic mass is 10.9. The van der Waals surface area contributed by atoms with Crippen molar-refractivity contribution in [1.82, 2.24) is 0 Å². The van der Waals surface area contributed by atoms with Crippen molar-refractivity contribution in [2.24, 2.45) is 0 Å². The standard InChI is InChI=1S/C5H13O5P/c1-3-9-5(10-4-2)11(6,7)8/h5H,3-4H2,1-2H3,(H2,6,7,8). The van der Waals surface area contributed by atoms with Crippen LogP contribution in [-0.2, 0) is 14.0 Å². The van der Waals surface area contributed by atoms with E-state index in [0.717, 1.165) is 0 Å². The van der Waals surface area contributed by atoms with E-state index in [1.807, 2.05) is 0 Å². The first-order valence-corrected chi connectivity index (χ1v) is 4.99. The van der Waals surface area contributed by atoms with Crippen LogP contribution < -0.4 is 0 Å². The molecule has 0 heterocycles. The molecule has 0 radical (unpaired) electrons. The first-order valence-electron chi connectivity index (χ1n) is 3.30. The highest BCUT2D eigenvalue weighted by atomic mass is 31.2. The van der Waals surface area contributed by atoms with Crippen molar-refractivity contribution < 1.29 is 23.8 Å². The van der Waals surface area contributed by atoms with Crippen molar-refractivity contribution in [3.8, 4) is 0 Å². The molecule has 0 spiro atoms. The number of rotatable bonds is 5. The van der Waals surface area contributed by atoms with Gasteiger partial charge in [0.1, 0.15) is 0 Å². The molecule has 0 saturated carbocycles. The molecule has 0 unspecified atom stereocenters. The van der Waals surface area contributed by atoms with Crippen LogP contribution in [0.1, 0.15) is 13.8 Å². The second kappa shape index (κ2) is 4.85. The molecule has 0 aromatic carbocycles. The first-order chi connectivity index (χ1) is 5.02. The maximum atomic E-state index is 10.6. The maximum absolute atomic E-state index is 10.6. The molecular formula is C5H13O5P. The second-order valence-electron chi connectivity index (χ2n) is 1.81. The van der Waals surface area contributed by atoms with Crippen molar-refractivity contribution in [3.05, 3.63) is 0 Å². The molecule has 0 bridgehead atoms. The second-order valence-corrected chi connectivity index (χ2v) is 3.41. The van der Waals surface area contributed by atoms with Crippen LogP contribution in [0.4, 0.5) is 0 Å². The molecular weight excluding hydrogens is 171 g/mol. The zero-order valence-corrected chi connectivity index (χ0v) is 7.45. The fraction of sp³-hybridized carbons (Fsp3) is 1.00. The summed E-state index contributed by atoms with van der Waals surface area (Å²) in [6.45, 7) is 3.72. The Hall–Kier alpha value is 0.0700. The van der Waals surface area contributed by atoms with E-state index < -0.39 is 13.6 Å². The monoisotopic (exact) mass is 184 g/mol. The fourth-order valence-corrected chi connectivity index (χ4v) is 1.21. The van der Waals surface area contributed by atoms with Gasteiger partial charge in [-0.15, -0.1) is 0 Å².